The Morgan fingerprint density at radius 1 is 0.588 bits per heavy atom. The van der Waals surface area contributed by atoms with Gasteiger partial charge in [-0.1, -0.05) is 84.9 Å². The number of hydrogen-bond donors (Lipinski definition) is 0. The first kappa shape index (κ1) is 18.9. The van der Waals surface area contributed by atoms with Crippen LogP contribution in [-0.4, -0.2) is 39.2 Å². The second-order valence-electron chi connectivity index (χ2n) is 8.80. The molecular formula is C28H18BN3O2. The molecule has 0 unspecified atom stereocenters. The van der Waals surface area contributed by atoms with Crippen molar-refractivity contribution in [3.8, 4) is 0 Å². The molecule has 160 valence electrons. The summed E-state index contributed by atoms with van der Waals surface area (Å²) >= 11 is 0. The van der Waals surface area contributed by atoms with Crippen LogP contribution in [0.2, 0.25) is 0 Å². The summed E-state index contributed by atoms with van der Waals surface area (Å²) in [4.78, 5) is 34.9. The highest BCUT2D eigenvalue weighted by molar-refractivity contribution is 6.99. The smallest absolute Gasteiger partial charge is 0.353 e. The van der Waals surface area contributed by atoms with E-state index in [2.05, 4.69) is 0 Å². The fourth-order valence-electron chi connectivity index (χ4n) is 5.81. The predicted octanol–water partition coefficient (Wildman–Crippen LogP) is 2.77. The number of nitrogens with zero attached hydrogens (tertiary/aromatic N) is 3. The Morgan fingerprint density at radius 3 is 1.71 bits per heavy atom. The van der Waals surface area contributed by atoms with E-state index in [0.29, 0.717) is 22.8 Å². The van der Waals surface area contributed by atoms with E-state index in [1.165, 1.54) is 0 Å². The van der Waals surface area contributed by atoms with Crippen LogP contribution in [0.25, 0.3) is 0 Å². The van der Waals surface area contributed by atoms with Gasteiger partial charge >= 0.3 is 6.42 Å². The van der Waals surface area contributed by atoms with E-state index in [9.17, 15) is 9.59 Å². The van der Waals surface area contributed by atoms with Crippen molar-refractivity contribution in [1.82, 2.24) is 4.81 Å². The van der Waals surface area contributed by atoms with Gasteiger partial charge in [-0.2, -0.15) is 0 Å². The zero-order valence-corrected chi connectivity index (χ0v) is 18.1. The first-order valence-corrected chi connectivity index (χ1v) is 11.3. The second kappa shape index (κ2) is 6.72. The monoisotopic (exact) mass is 439 g/mol. The maximum atomic E-state index is 14.1. The summed E-state index contributed by atoms with van der Waals surface area (Å²) in [6.45, 7) is 0. The number of carbonyl (C=O) groups excluding carboxylic acids is 2. The average molecular weight is 439 g/mol. The average Bonchev–Trinajstić information content (AvgIpc) is 3.36. The van der Waals surface area contributed by atoms with E-state index in [1.807, 2.05) is 109 Å². The van der Waals surface area contributed by atoms with Gasteiger partial charge in [0.05, 0.1) is 16.7 Å². The molecule has 0 saturated heterocycles. The van der Waals surface area contributed by atoms with Crippen LogP contribution in [0.3, 0.4) is 0 Å². The lowest BCUT2D eigenvalue weighted by molar-refractivity contribution is -0.293. The van der Waals surface area contributed by atoms with Gasteiger partial charge in [0.1, 0.15) is 0 Å². The number of benzene rings is 4. The predicted molar refractivity (Wildman–Crippen MR) is 132 cm³/mol. The molecule has 3 heterocycles. The van der Waals surface area contributed by atoms with Crippen molar-refractivity contribution >= 4 is 40.8 Å². The summed E-state index contributed by atoms with van der Waals surface area (Å²) < 4.78 is 1.77. The summed E-state index contributed by atoms with van der Waals surface area (Å²) in [6.07, 6.45) is -2.22. The van der Waals surface area contributed by atoms with E-state index in [-0.39, 0.29) is 11.8 Å². The molecule has 0 radical (unpaired) electrons. The molecule has 0 spiro atoms. The molecular weight excluding hydrogens is 421 g/mol. The number of carbonyl (C=O) groups is 2. The molecule has 34 heavy (non-hydrogen) atoms. The van der Waals surface area contributed by atoms with E-state index < -0.39 is 6.42 Å². The fourth-order valence-corrected chi connectivity index (χ4v) is 5.81. The van der Waals surface area contributed by atoms with Gasteiger partial charge in [0, 0.05) is 5.56 Å². The highest BCUT2D eigenvalue weighted by Crippen LogP contribution is 2.35. The number of amides is 2. The second-order valence-corrected chi connectivity index (χ2v) is 8.80. The molecule has 4 aromatic carbocycles. The standard InChI is InChI=1S/C28H18BN3O2/c33-27-23-17-9-7-15-21(23)25-30-26-22-16-8-10-18-24(22)28(34)32(26)29(31(25)27,19-11-3-1-4-12-19)20-13-5-2-6-14-20/h1-18H. The third-order valence-electron chi connectivity index (χ3n) is 7.18. The van der Waals surface area contributed by atoms with Crippen molar-refractivity contribution in [3.63, 3.8) is 0 Å². The molecule has 2 amide bonds. The summed E-state index contributed by atoms with van der Waals surface area (Å²) in [5.74, 6) is 0.878. The Hall–Kier alpha value is -4.58. The quantitative estimate of drug-likeness (QED) is 0.451. The Balaban J connectivity index is 1.68. The molecule has 0 aromatic heterocycles. The Bertz CT molecular complexity index is 1550. The van der Waals surface area contributed by atoms with Crippen LogP contribution in [0.15, 0.2) is 114 Å². The Kier molecular flexibility index (Phi) is 3.74. The molecule has 5 nitrogen and oxygen atoms in total. The number of amidine groups is 2. The van der Waals surface area contributed by atoms with Crippen molar-refractivity contribution in [1.29, 1.82) is 0 Å². The van der Waals surface area contributed by atoms with Crippen LogP contribution in [0.1, 0.15) is 31.8 Å². The lowest BCUT2D eigenvalue weighted by Crippen LogP contribution is -2.80. The van der Waals surface area contributed by atoms with Gasteiger partial charge in [0.15, 0.2) is 0 Å². The maximum absolute atomic E-state index is 14.1. The summed E-state index contributed by atoms with van der Waals surface area (Å²) in [7, 11) is 0. The van der Waals surface area contributed by atoms with Crippen LogP contribution in [0.4, 0.5) is 0 Å². The number of fused-ring (bicyclic) bond motifs is 5. The van der Waals surface area contributed by atoms with Crippen LogP contribution in [0, 0.1) is 0 Å². The van der Waals surface area contributed by atoms with E-state index >= 15 is 0 Å². The first-order valence-electron chi connectivity index (χ1n) is 11.3. The normalized spacial score (nSPS) is 17.2. The van der Waals surface area contributed by atoms with Crippen molar-refractivity contribution < 1.29 is 14.1 Å². The molecule has 0 saturated carbocycles. The molecule has 7 rings (SSSR count). The third-order valence-corrected chi connectivity index (χ3v) is 7.18. The van der Waals surface area contributed by atoms with Crippen LogP contribution in [0.5, 0.6) is 0 Å². The molecule has 0 atom stereocenters. The van der Waals surface area contributed by atoms with Gasteiger partial charge < -0.3 is 9.30 Å². The van der Waals surface area contributed by atoms with E-state index in [1.54, 1.807) is 9.30 Å². The largest absolute Gasteiger partial charge is 0.398 e. The zero-order chi connectivity index (χ0) is 22.9. The SMILES string of the molecule is O=C1c2ccccc2C2=NC3=[N+](C(=O)c4ccccc43)[B-](c3ccccc3)(c3ccccc3)N12. The topological polar surface area (TPSA) is 52.8 Å². The van der Waals surface area contributed by atoms with Crippen molar-refractivity contribution in [2.24, 2.45) is 4.99 Å². The van der Waals surface area contributed by atoms with Gasteiger partial charge in [-0.05, 0) is 29.3 Å². The molecule has 0 bridgehead atoms. The summed E-state index contributed by atoms with van der Waals surface area (Å²) in [5.41, 5.74) is 4.52. The van der Waals surface area contributed by atoms with Crippen LogP contribution in [-0.2, 0) is 0 Å². The van der Waals surface area contributed by atoms with E-state index in [0.717, 1.165) is 22.1 Å². The third kappa shape index (κ3) is 2.19. The first-order chi connectivity index (χ1) is 16.7. The van der Waals surface area contributed by atoms with Gasteiger partial charge in [-0.3, -0.25) is 4.79 Å². The number of rotatable bonds is 2. The van der Waals surface area contributed by atoms with Gasteiger partial charge in [-0.15, -0.1) is 10.9 Å². The Morgan fingerprint density at radius 2 is 1.09 bits per heavy atom. The Labute approximate surface area is 196 Å². The highest BCUT2D eigenvalue weighted by Gasteiger charge is 2.59. The van der Waals surface area contributed by atoms with Crippen LogP contribution >= 0.6 is 0 Å². The molecule has 4 aromatic rings. The minimum atomic E-state index is -2.22. The highest BCUT2D eigenvalue weighted by atomic mass is 16.2. The van der Waals surface area contributed by atoms with Gasteiger partial charge in [0.2, 0.25) is 11.7 Å². The molecule has 6 heteroatoms. The zero-order valence-electron chi connectivity index (χ0n) is 18.1. The lowest BCUT2D eigenvalue weighted by Gasteiger charge is -2.47. The molecule has 0 fully saturated rings. The lowest BCUT2D eigenvalue weighted by atomic mass is 9.34. The minimum absolute atomic E-state index is 0.148. The van der Waals surface area contributed by atoms with Gasteiger partial charge in [-0.25, -0.2) is 4.79 Å². The maximum Gasteiger partial charge on any atom is 0.353 e. The van der Waals surface area contributed by atoms with Gasteiger partial charge in [0.25, 0.3) is 11.7 Å². The van der Waals surface area contributed by atoms with Crippen LogP contribution < -0.4 is 10.9 Å². The summed E-state index contributed by atoms with van der Waals surface area (Å²) in [6, 6.07) is 34.8. The molecule has 0 N–H and O–H groups in total. The van der Waals surface area contributed by atoms with E-state index in [4.69, 9.17) is 4.99 Å². The molecule has 3 aliphatic rings. The fraction of sp³-hybridized carbons (Fsp3) is 0. The minimum Gasteiger partial charge on any atom is -0.398 e. The molecule has 0 aliphatic carbocycles. The van der Waals surface area contributed by atoms with Crippen molar-refractivity contribution in [2.45, 2.75) is 0 Å². The number of hydrogen-bond acceptors (Lipinski definition) is 3. The number of aliphatic imine (C=N–C) groups is 1. The summed E-state index contributed by atoms with van der Waals surface area (Å²) in [5, 5.41) is 0. The van der Waals surface area contributed by atoms with Crippen molar-refractivity contribution in [2.75, 3.05) is 0 Å². The molecule has 3 aliphatic heterocycles. The van der Waals surface area contributed by atoms with Crippen molar-refractivity contribution in [3.05, 3.63) is 131 Å².